The van der Waals surface area contributed by atoms with Crippen LogP contribution in [0.1, 0.15) is 48.7 Å². The highest BCUT2D eigenvalue weighted by Gasteiger charge is 2.20. The van der Waals surface area contributed by atoms with Gasteiger partial charge in [-0.05, 0) is 31.6 Å². The van der Waals surface area contributed by atoms with Crippen molar-refractivity contribution in [1.82, 2.24) is 4.98 Å². The Bertz CT molecular complexity index is 384. The minimum absolute atomic E-state index is 0.301. The molecule has 0 unspecified atom stereocenters. The summed E-state index contributed by atoms with van der Waals surface area (Å²) in [4.78, 5) is 15.1. The SMILES string of the molecule is CCC1CCC(Nc2ncc(C(=O)O)s2)CC1. The number of carboxylic acid groups (broad SMARTS) is 1. The van der Waals surface area contributed by atoms with Crippen molar-refractivity contribution in [2.75, 3.05) is 5.32 Å². The zero-order valence-corrected chi connectivity index (χ0v) is 10.8. The van der Waals surface area contributed by atoms with Gasteiger partial charge in [-0.15, -0.1) is 0 Å². The fourth-order valence-electron chi connectivity index (χ4n) is 2.33. The van der Waals surface area contributed by atoms with Crippen LogP contribution in [0.4, 0.5) is 5.13 Å². The van der Waals surface area contributed by atoms with E-state index in [0.29, 0.717) is 10.9 Å². The number of thiazole rings is 1. The maximum atomic E-state index is 10.7. The molecule has 1 saturated carbocycles. The Labute approximate surface area is 105 Å². The number of carbonyl (C=O) groups is 1. The number of rotatable bonds is 4. The van der Waals surface area contributed by atoms with Crippen molar-refractivity contribution in [3.63, 3.8) is 0 Å². The largest absolute Gasteiger partial charge is 0.477 e. The van der Waals surface area contributed by atoms with Crippen LogP contribution < -0.4 is 5.32 Å². The highest BCUT2D eigenvalue weighted by atomic mass is 32.1. The molecule has 17 heavy (non-hydrogen) atoms. The van der Waals surface area contributed by atoms with Gasteiger partial charge in [-0.25, -0.2) is 9.78 Å². The van der Waals surface area contributed by atoms with Gasteiger partial charge in [0.15, 0.2) is 5.13 Å². The van der Waals surface area contributed by atoms with Crippen LogP contribution in [0, 0.1) is 5.92 Å². The fraction of sp³-hybridized carbons (Fsp3) is 0.667. The van der Waals surface area contributed by atoms with Crippen molar-refractivity contribution in [2.24, 2.45) is 5.92 Å². The Balaban J connectivity index is 1.86. The van der Waals surface area contributed by atoms with Crippen LogP contribution in [0.2, 0.25) is 0 Å². The van der Waals surface area contributed by atoms with Crippen LogP contribution in [0.25, 0.3) is 0 Å². The summed E-state index contributed by atoms with van der Waals surface area (Å²) in [6.45, 7) is 2.25. The van der Waals surface area contributed by atoms with Gasteiger partial charge in [0.25, 0.3) is 0 Å². The molecule has 1 heterocycles. The maximum absolute atomic E-state index is 10.7. The van der Waals surface area contributed by atoms with E-state index in [1.165, 1.54) is 49.6 Å². The van der Waals surface area contributed by atoms with E-state index in [1.807, 2.05) is 0 Å². The smallest absolute Gasteiger partial charge is 0.347 e. The van der Waals surface area contributed by atoms with E-state index < -0.39 is 5.97 Å². The van der Waals surface area contributed by atoms with Crippen molar-refractivity contribution in [3.05, 3.63) is 11.1 Å². The van der Waals surface area contributed by atoms with Crippen molar-refractivity contribution in [2.45, 2.75) is 45.1 Å². The van der Waals surface area contributed by atoms with E-state index in [4.69, 9.17) is 5.11 Å². The van der Waals surface area contributed by atoms with Gasteiger partial charge in [0.2, 0.25) is 0 Å². The van der Waals surface area contributed by atoms with E-state index in [9.17, 15) is 4.79 Å². The van der Waals surface area contributed by atoms with Gasteiger partial charge < -0.3 is 10.4 Å². The van der Waals surface area contributed by atoms with Gasteiger partial charge >= 0.3 is 5.97 Å². The minimum Gasteiger partial charge on any atom is -0.477 e. The molecule has 2 rings (SSSR count). The van der Waals surface area contributed by atoms with Crippen molar-refractivity contribution < 1.29 is 9.90 Å². The second kappa shape index (κ2) is 5.49. The van der Waals surface area contributed by atoms with Crippen molar-refractivity contribution in [1.29, 1.82) is 0 Å². The van der Waals surface area contributed by atoms with Gasteiger partial charge in [-0.3, -0.25) is 0 Å². The molecule has 0 aliphatic heterocycles. The Hall–Kier alpha value is -1.10. The first-order chi connectivity index (χ1) is 8.19. The van der Waals surface area contributed by atoms with Gasteiger partial charge in [0.1, 0.15) is 4.88 Å². The standard InChI is InChI=1S/C12H18N2O2S/c1-2-8-3-5-9(6-4-8)14-12-13-7-10(17-12)11(15)16/h7-9H,2-6H2,1H3,(H,13,14)(H,15,16). The molecule has 0 aromatic carbocycles. The molecule has 1 aliphatic carbocycles. The van der Waals surface area contributed by atoms with Crippen LogP contribution in [-0.2, 0) is 0 Å². The third kappa shape index (κ3) is 3.19. The second-order valence-corrected chi connectivity index (χ2v) is 5.64. The molecular weight excluding hydrogens is 236 g/mol. The maximum Gasteiger partial charge on any atom is 0.347 e. The van der Waals surface area contributed by atoms with Crippen molar-refractivity contribution in [3.8, 4) is 0 Å². The van der Waals surface area contributed by atoms with Gasteiger partial charge in [-0.1, -0.05) is 24.7 Å². The van der Waals surface area contributed by atoms with Crippen LogP contribution in [-0.4, -0.2) is 22.1 Å². The van der Waals surface area contributed by atoms with E-state index in [-0.39, 0.29) is 0 Å². The Kier molecular flexibility index (Phi) is 3.99. The second-order valence-electron chi connectivity index (χ2n) is 4.61. The number of hydrogen-bond donors (Lipinski definition) is 2. The molecule has 0 atom stereocenters. The highest BCUT2D eigenvalue weighted by Crippen LogP contribution is 2.29. The van der Waals surface area contributed by atoms with Crippen LogP contribution >= 0.6 is 11.3 Å². The summed E-state index contributed by atoms with van der Waals surface area (Å²) < 4.78 is 0. The van der Waals surface area contributed by atoms with Gasteiger partial charge in [0, 0.05) is 6.04 Å². The number of aromatic nitrogens is 1. The molecule has 94 valence electrons. The third-order valence-electron chi connectivity index (χ3n) is 3.47. The number of aromatic carboxylic acids is 1. The van der Waals surface area contributed by atoms with E-state index in [2.05, 4.69) is 17.2 Å². The first-order valence-corrected chi connectivity index (χ1v) is 6.96. The molecule has 0 bridgehead atoms. The molecule has 1 fully saturated rings. The zero-order chi connectivity index (χ0) is 12.3. The molecule has 4 nitrogen and oxygen atoms in total. The first kappa shape index (κ1) is 12.4. The zero-order valence-electron chi connectivity index (χ0n) is 9.98. The number of anilines is 1. The van der Waals surface area contributed by atoms with Crippen LogP contribution in [0.3, 0.4) is 0 Å². The minimum atomic E-state index is -0.898. The lowest BCUT2D eigenvalue weighted by Crippen LogP contribution is -2.25. The summed E-state index contributed by atoms with van der Waals surface area (Å²) in [6.07, 6.45) is 7.57. The lowest BCUT2D eigenvalue weighted by Gasteiger charge is -2.28. The predicted molar refractivity (Wildman–Crippen MR) is 68.7 cm³/mol. The molecule has 0 spiro atoms. The molecule has 2 N–H and O–H groups in total. The average molecular weight is 254 g/mol. The van der Waals surface area contributed by atoms with Crippen LogP contribution in [0.15, 0.2) is 6.20 Å². The Morgan fingerprint density at radius 1 is 1.53 bits per heavy atom. The Morgan fingerprint density at radius 3 is 2.76 bits per heavy atom. The predicted octanol–water partition coefficient (Wildman–Crippen LogP) is 3.22. The summed E-state index contributed by atoms with van der Waals surface area (Å²) >= 11 is 1.22. The number of carboxylic acids is 1. The van der Waals surface area contributed by atoms with Gasteiger partial charge in [-0.2, -0.15) is 0 Å². The molecule has 5 heteroatoms. The van der Waals surface area contributed by atoms with E-state index >= 15 is 0 Å². The van der Waals surface area contributed by atoms with E-state index in [1.54, 1.807) is 0 Å². The highest BCUT2D eigenvalue weighted by molar-refractivity contribution is 7.17. The normalized spacial score (nSPS) is 24.5. The number of hydrogen-bond acceptors (Lipinski definition) is 4. The lowest BCUT2D eigenvalue weighted by molar-refractivity contribution is 0.0702. The molecule has 0 radical (unpaired) electrons. The lowest BCUT2D eigenvalue weighted by atomic mass is 9.85. The first-order valence-electron chi connectivity index (χ1n) is 6.14. The average Bonchev–Trinajstić information content (AvgIpc) is 2.79. The Morgan fingerprint density at radius 2 is 2.24 bits per heavy atom. The summed E-state index contributed by atoms with van der Waals surface area (Å²) in [6, 6.07) is 0.464. The monoisotopic (exact) mass is 254 g/mol. The van der Waals surface area contributed by atoms with E-state index in [0.717, 1.165) is 11.0 Å². The number of nitrogens with one attached hydrogen (secondary N) is 1. The fourth-order valence-corrected chi connectivity index (χ4v) is 3.06. The van der Waals surface area contributed by atoms with Crippen LogP contribution in [0.5, 0.6) is 0 Å². The molecular formula is C12H18N2O2S. The summed E-state index contributed by atoms with van der Waals surface area (Å²) in [5, 5.41) is 12.9. The summed E-state index contributed by atoms with van der Waals surface area (Å²) in [7, 11) is 0. The summed E-state index contributed by atoms with van der Waals surface area (Å²) in [5.74, 6) is -0.0239. The van der Waals surface area contributed by atoms with Crippen molar-refractivity contribution >= 4 is 22.4 Å². The molecule has 1 aromatic heterocycles. The summed E-state index contributed by atoms with van der Waals surface area (Å²) in [5.41, 5.74) is 0. The third-order valence-corrected chi connectivity index (χ3v) is 4.38. The molecule has 0 saturated heterocycles. The number of nitrogens with zero attached hydrogens (tertiary/aromatic N) is 1. The molecule has 0 amide bonds. The van der Waals surface area contributed by atoms with Gasteiger partial charge in [0.05, 0.1) is 6.20 Å². The quantitative estimate of drug-likeness (QED) is 0.866. The molecule has 1 aromatic rings. The topological polar surface area (TPSA) is 62.2 Å². The molecule has 1 aliphatic rings.